The molecule has 30 heavy (non-hydrogen) atoms. The number of hydrogen-bond donors (Lipinski definition) is 3. The third-order valence-corrected chi connectivity index (χ3v) is 5.93. The molecule has 1 aromatic heterocycles. The normalized spacial score (nSPS) is 13.8. The molecule has 7 heteroatoms. The number of aliphatic hydroxyl groups excluding tert-OH is 1. The first-order valence-electron chi connectivity index (χ1n) is 9.54. The molecule has 0 saturated heterocycles. The molecular formula is C23H22N4O2S. The third kappa shape index (κ3) is 3.71. The fraction of sp³-hybridized carbons (Fsp3) is 0.174. The molecule has 1 amide bonds. The Hall–Kier alpha value is -3.45. The zero-order valence-electron chi connectivity index (χ0n) is 17.0. The van der Waals surface area contributed by atoms with Gasteiger partial charge >= 0.3 is 0 Å². The number of amides is 1. The zero-order valence-corrected chi connectivity index (χ0v) is 17.8. The maximum absolute atomic E-state index is 11.2. The van der Waals surface area contributed by atoms with E-state index in [1.807, 2.05) is 38.1 Å². The number of carbonyl (C=O) groups is 1. The molecule has 4 rings (SSSR count). The molecule has 2 aromatic carbocycles. The van der Waals surface area contributed by atoms with Crippen LogP contribution >= 0.6 is 11.3 Å². The third-order valence-electron chi connectivity index (χ3n) is 4.94. The van der Waals surface area contributed by atoms with E-state index in [4.69, 9.17) is 10.4 Å². The van der Waals surface area contributed by atoms with E-state index < -0.39 is 0 Å². The minimum atomic E-state index is -0.137. The SMILES string of the molecule is CC(=O)Nc1ccc(N2CC(O)=C(c3nc(-c4ccc(C)cc4)c(C)s3)C2=N)cc1. The number of nitrogens with one attached hydrogen (secondary N) is 2. The first kappa shape index (κ1) is 19.8. The van der Waals surface area contributed by atoms with E-state index in [0.717, 1.165) is 21.8 Å². The number of anilines is 2. The molecule has 1 aliphatic heterocycles. The number of amidine groups is 1. The van der Waals surface area contributed by atoms with Crippen molar-refractivity contribution in [3.63, 3.8) is 0 Å². The minimum absolute atomic E-state index is 0.134. The van der Waals surface area contributed by atoms with Crippen molar-refractivity contribution in [2.75, 3.05) is 16.8 Å². The molecule has 152 valence electrons. The van der Waals surface area contributed by atoms with E-state index >= 15 is 0 Å². The smallest absolute Gasteiger partial charge is 0.221 e. The highest BCUT2D eigenvalue weighted by Gasteiger charge is 2.31. The second-order valence-corrected chi connectivity index (χ2v) is 8.48. The molecule has 0 atom stereocenters. The Labute approximate surface area is 179 Å². The minimum Gasteiger partial charge on any atom is -0.510 e. The van der Waals surface area contributed by atoms with E-state index in [0.29, 0.717) is 16.3 Å². The molecule has 6 nitrogen and oxygen atoms in total. The van der Waals surface area contributed by atoms with Crippen molar-refractivity contribution in [3.8, 4) is 11.3 Å². The van der Waals surface area contributed by atoms with Crippen LogP contribution in [0.1, 0.15) is 22.4 Å². The van der Waals surface area contributed by atoms with Crippen molar-refractivity contribution in [1.82, 2.24) is 4.98 Å². The Morgan fingerprint density at radius 3 is 2.43 bits per heavy atom. The molecule has 0 fully saturated rings. The van der Waals surface area contributed by atoms with Gasteiger partial charge in [0.2, 0.25) is 5.91 Å². The Morgan fingerprint density at radius 1 is 1.13 bits per heavy atom. The van der Waals surface area contributed by atoms with Crippen LogP contribution in [0, 0.1) is 19.3 Å². The molecule has 3 aromatic rings. The predicted octanol–water partition coefficient (Wildman–Crippen LogP) is 5.15. The number of aryl methyl sites for hydroxylation is 2. The van der Waals surface area contributed by atoms with E-state index in [9.17, 15) is 9.90 Å². The summed E-state index contributed by atoms with van der Waals surface area (Å²) in [6.45, 7) is 5.72. The number of aromatic nitrogens is 1. The number of rotatable bonds is 4. The molecule has 3 N–H and O–H groups in total. The maximum atomic E-state index is 11.2. The van der Waals surface area contributed by atoms with Gasteiger partial charge < -0.3 is 15.3 Å². The molecular weight excluding hydrogens is 396 g/mol. The van der Waals surface area contributed by atoms with Gasteiger partial charge in [-0.1, -0.05) is 29.8 Å². The molecule has 1 aliphatic rings. The van der Waals surface area contributed by atoms with Gasteiger partial charge in [-0.2, -0.15) is 0 Å². The fourth-order valence-corrected chi connectivity index (χ4v) is 4.44. The predicted molar refractivity (Wildman–Crippen MR) is 122 cm³/mol. The number of carbonyl (C=O) groups excluding carboxylic acids is 1. The summed E-state index contributed by atoms with van der Waals surface area (Å²) >= 11 is 1.48. The number of aliphatic hydroxyl groups is 1. The van der Waals surface area contributed by atoms with E-state index in [1.54, 1.807) is 17.0 Å². The van der Waals surface area contributed by atoms with Crippen LogP contribution in [0.15, 0.2) is 54.3 Å². The number of nitrogens with zero attached hydrogens (tertiary/aromatic N) is 2. The first-order valence-corrected chi connectivity index (χ1v) is 10.4. The van der Waals surface area contributed by atoms with E-state index in [-0.39, 0.29) is 24.0 Å². The highest BCUT2D eigenvalue weighted by molar-refractivity contribution is 7.13. The largest absolute Gasteiger partial charge is 0.510 e. The van der Waals surface area contributed by atoms with Crippen molar-refractivity contribution in [1.29, 1.82) is 5.41 Å². The van der Waals surface area contributed by atoms with Gasteiger partial charge in [0.25, 0.3) is 0 Å². The van der Waals surface area contributed by atoms with Gasteiger partial charge in [-0.3, -0.25) is 10.2 Å². The van der Waals surface area contributed by atoms with Gasteiger partial charge in [-0.05, 0) is 38.1 Å². The average Bonchev–Trinajstić information content (AvgIpc) is 3.21. The Morgan fingerprint density at radius 2 is 1.80 bits per heavy atom. The standard InChI is InChI=1S/C23H22N4O2S/c1-13-4-6-16(7-5-13)21-14(2)30-23(26-21)20-19(29)12-27(22(20)24)18-10-8-17(9-11-18)25-15(3)28/h4-11,24,29H,12H2,1-3H3,(H,25,28). The Bertz CT molecular complexity index is 1160. The summed E-state index contributed by atoms with van der Waals surface area (Å²) < 4.78 is 0. The number of hydrogen-bond acceptors (Lipinski definition) is 5. The van der Waals surface area contributed by atoms with Crippen molar-refractivity contribution >= 4 is 40.0 Å². The molecule has 0 aliphatic carbocycles. The summed E-state index contributed by atoms with van der Waals surface area (Å²) in [7, 11) is 0. The van der Waals surface area contributed by atoms with Gasteiger partial charge in [0.15, 0.2) is 0 Å². The fourth-order valence-electron chi connectivity index (χ4n) is 3.44. The summed E-state index contributed by atoms with van der Waals surface area (Å²) in [5.74, 6) is 0.209. The quantitative estimate of drug-likeness (QED) is 0.546. The molecule has 0 radical (unpaired) electrons. The van der Waals surface area contributed by atoms with Crippen LogP contribution in [-0.4, -0.2) is 28.4 Å². The maximum Gasteiger partial charge on any atom is 0.221 e. The van der Waals surface area contributed by atoms with Crippen molar-refractivity contribution in [2.24, 2.45) is 0 Å². The van der Waals surface area contributed by atoms with Crippen LogP contribution < -0.4 is 10.2 Å². The highest BCUT2D eigenvalue weighted by atomic mass is 32.1. The van der Waals surface area contributed by atoms with Crippen molar-refractivity contribution in [3.05, 3.63) is 69.7 Å². The summed E-state index contributed by atoms with van der Waals surface area (Å²) in [5, 5.41) is 22.7. The number of thiazole rings is 1. The summed E-state index contributed by atoms with van der Waals surface area (Å²) in [5.41, 5.74) is 5.00. The van der Waals surface area contributed by atoms with Gasteiger partial charge in [-0.15, -0.1) is 11.3 Å². The summed E-state index contributed by atoms with van der Waals surface area (Å²) in [6.07, 6.45) is 0. The molecule has 0 saturated carbocycles. The van der Waals surface area contributed by atoms with Crippen molar-refractivity contribution in [2.45, 2.75) is 20.8 Å². The van der Waals surface area contributed by atoms with Crippen molar-refractivity contribution < 1.29 is 9.90 Å². The second-order valence-electron chi connectivity index (χ2n) is 7.27. The average molecular weight is 419 g/mol. The molecule has 0 bridgehead atoms. The second kappa shape index (κ2) is 7.76. The Balaban J connectivity index is 1.61. The van der Waals surface area contributed by atoms with Crippen LogP contribution in [-0.2, 0) is 4.79 Å². The van der Waals surface area contributed by atoms with E-state index in [2.05, 4.69) is 17.4 Å². The number of benzene rings is 2. The lowest BCUT2D eigenvalue weighted by molar-refractivity contribution is -0.114. The topological polar surface area (TPSA) is 89.3 Å². The monoisotopic (exact) mass is 418 g/mol. The molecule has 0 unspecified atom stereocenters. The molecule has 2 heterocycles. The lowest BCUT2D eigenvalue weighted by atomic mass is 10.1. The van der Waals surface area contributed by atoms with Crippen LogP contribution in [0.5, 0.6) is 0 Å². The summed E-state index contributed by atoms with van der Waals surface area (Å²) in [6, 6.07) is 15.4. The van der Waals surface area contributed by atoms with Gasteiger partial charge in [0.05, 0.1) is 17.8 Å². The van der Waals surface area contributed by atoms with Crippen LogP contribution in [0.3, 0.4) is 0 Å². The zero-order chi connectivity index (χ0) is 21.4. The highest BCUT2D eigenvalue weighted by Crippen LogP contribution is 2.37. The van der Waals surface area contributed by atoms with Gasteiger partial charge in [0, 0.05) is 28.7 Å². The molecule has 0 spiro atoms. The summed E-state index contributed by atoms with van der Waals surface area (Å²) in [4.78, 5) is 18.7. The lowest BCUT2D eigenvalue weighted by Gasteiger charge is -2.19. The van der Waals surface area contributed by atoms with Gasteiger partial charge in [0.1, 0.15) is 16.6 Å². The van der Waals surface area contributed by atoms with Crippen LogP contribution in [0.4, 0.5) is 11.4 Å². The Kier molecular flexibility index (Phi) is 5.13. The van der Waals surface area contributed by atoms with Crippen LogP contribution in [0.25, 0.3) is 16.8 Å². The van der Waals surface area contributed by atoms with Gasteiger partial charge in [-0.25, -0.2) is 4.98 Å². The first-order chi connectivity index (χ1) is 14.3. The lowest BCUT2D eigenvalue weighted by Crippen LogP contribution is -2.26. The van der Waals surface area contributed by atoms with Crippen LogP contribution in [0.2, 0.25) is 0 Å². The van der Waals surface area contributed by atoms with E-state index in [1.165, 1.54) is 23.8 Å².